The third-order valence-corrected chi connectivity index (χ3v) is 5.95. The number of carbonyl (C=O) groups excluding carboxylic acids is 2. The summed E-state index contributed by atoms with van der Waals surface area (Å²) >= 11 is 3.52. The zero-order valence-corrected chi connectivity index (χ0v) is 15.6. The number of aryl methyl sites for hydroxylation is 1. The van der Waals surface area contributed by atoms with Gasteiger partial charge in [0.25, 0.3) is 0 Å². The molecule has 128 valence electrons. The molecule has 0 aliphatic carbocycles. The van der Waals surface area contributed by atoms with Crippen LogP contribution in [0.1, 0.15) is 17.5 Å². The topological polar surface area (TPSA) is 40.6 Å². The van der Waals surface area contributed by atoms with Crippen molar-refractivity contribution in [2.24, 2.45) is 5.92 Å². The van der Waals surface area contributed by atoms with Crippen molar-refractivity contribution in [3.8, 4) is 0 Å². The van der Waals surface area contributed by atoms with Crippen molar-refractivity contribution >= 4 is 39.1 Å². The maximum Gasteiger partial charge on any atom is 0.232 e. The van der Waals surface area contributed by atoms with Gasteiger partial charge in [0.1, 0.15) is 0 Å². The first-order valence-corrected chi connectivity index (χ1v) is 9.29. The van der Waals surface area contributed by atoms with E-state index in [4.69, 9.17) is 0 Å². The lowest BCUT2D eigenvalue weighted by Crippen LogP contribution is -2.36. The summed E-state index contributed by atoms with van der Waals surface area (Å²) in [4.78, 5) is 29.1. The summed E-state index contributed by atoms with van der Waals surface area (Å²) in [6.07, 6.45) is 1.17. The number of rotatable bonds is 2. The Hall–Kier alpha value is -2.14. The van der Waals surface area contributed by atoms with Crippen LogP contribution < -0.4 is 9.80 Å². The molecule has 1 fully saturated rings. The van der Waals surface area contributed by atoms with Gasteiger partial charge in [-0.3, -0.25) is 9.59 Å². The largest absolute Gasteiger partial charge is 0.312 e. The van der Waals surface area contributed by atoms with Crippen LogP contribution in [0.2, 0.25) is 0 Å². The molecule has 1 unspecified atom stereocenters. The van der Waals surface area contributed by atoms with Gasteiger partial charge in [-0.2, -0.15) is 0 Å². The fraction of sp³-hybridized carbons (Fsp3) is 0.300. The number of nitrogens with zero attached hydrogens (tertiary/aromatic N) is 2. The van der Waals surface area contributed by atoms with Crippen molar-refractivity contribution in [2.45, 2.75) is 19.8 Å². The Kier molecular flexibility index (Phi) is 4.12. The van der Waals surface area contributed by atoms with Gasteiger partial charge in [-0.15, -0.1) is 0 Å². The monoisotopic (exact) mass is 398 g/mol. The SMILES string of the molecule is Cc1ccc(N2CC(C(=O)N3CCc4ccccc43)CC2=O)cc1Br. The van der Waals surface area contributed by atoms with Crippen LogP contribution in [-0.2, 0) is 16.0 Å². The van der Waals surface area contributed by atoms with Crippen molar-refractivity contribution in [2.75, 3.05) is 22.9 Å². The minimum absolute atomic E-state index is 0.0154. The van der Waals surface area contributed by atoms with E-state index >= 15 is 0 Å². The standard InChI is InChI=1S/C20H19BrN2O2/c1-13-6-7-16(11-17(13)21)23-12-15(10-19(23)24)20(25)22-9-8-14-4-2-3-5-18(14)22/h2-7,11,15H,8-10,12H2,1H3. The Morgan fingerprint density at radius 1 is 1.20 bits per heavy atom. The maximum absolute atomic E-state index is 13.0. The van der Waals surface area contributed by atoms with Crippen LogP contribution in [0, 0.1) is 12.8 Å². The van der Waals surface area contributed by atoms with Gasteiger partial charge in [0, 0.05) is 35.4 Å². The van der Waals surface area contributed by atoms with Crippen molar-refractivity contribution in [3.05, 3.63) is 58.1 Å². The fourth-order valence-electron chi connectivity index (χ4n) is 3.66. The van der Waals surface area contributed by atoms with Crippen molar-refractivity contribution in [1.29, 1.82) is 0 Å². The van der Waals surface area contributed by atoms with E-state index in [9.17, 15) is 9.59 Å². The van der Waals surface area contributed by atoms with Crippen LogP contribution in [-0.4, -0.2) is 24.9 Å². The number of amides is 2. The second-order valence-corrected chi connectivity index (χ2v) is 7.56. The molecule has 2 amide bonds. The van der Waals surface area contributed by atoms with E-state index in [-0.39, 0.29) is 24.2 Å². The highest BCUT2D eigenvalue weighted by Crippen LogP contribution is 2.33. The maximum atomic E-state index is 13.0. The highest BCUT2D eigenvalue weighted by atomic mass is 79.9. The van der Waals surface area contributed by atoms with Crippen molar-refractivity contribution in [3.63, 3.8) is 0 Å². The van der Waals surface area contributed by atoms with Gasteiger partial charge in [-0.25, -0.2) is 0 Å². The second kappa shape index (κ2) is 6.30. The molecule has 0 saturated carbocycles. The van der Waals surface area contributed by atoms with Crippen LogP contribution in [0.4, 0.5) is 11.4 Å². The van der Waals surface area contributed by atoms with Crippen LogP contribution in [0.3, 0.4) is 0 Å². The zero-order chi connectivity index (χ0) is 17.6. The summed E-state index contributed by atoms with van der Waals surface area (Å²) in [5, 5.41) is 0. The average molecular weight is 399 g/mol. The van der Waals surface area contributed by atoms with E-state index in [2.05, 4.69) is 22.0 Å². The van der Waals surface area contributed by atoms with Crippen molar-refractivity contribution < 1.29 is 9.59 Å². The molecule has 1 atom stereocenters. The summed E-state index contributed by atoms with van der Waals surface area (Å²) in [5.74, 6) is -0.202. The highest BCUT2D eigenvalue weighted by molar-refractivity contribution is 9.10. The van der Waals surface area contributed by atoms with Gasteiger partial charge >= 0.3 is 0 Å². The quantitative estimate of drug-likeness (QED) is 0.773. The van der Waals surface area contributed by atoms with Crippen LogP contribution in [0.5, 0.6) is 0 Å². The lowest BCUT2D eigenvalue weighted by Gasteiger charge is -2.22. The summed E-state index contributed by atoms with van der Waals surface area (Å²) < 4.78 is 0.973. The fourth-order valence-corrected chi connectivity index (χ4v) is 4.03. The minimum atomic E-state index is -0.279. The molecule has 1 saturated heterocycles. The molecular formula is C20H19BrN2O2. The van der Waals surface area contributed by atoms with Crippen LogP contribution >= 0.6 is 15.9 Å². The summed E-state index contributed by atoms with van der Waals surface area (Å²) in [5.41, 5.74) is 4.17. The van der Waals surface area contributed by atoms with Gasteiger partial charge in [0.15, 0.2) is 0 Å². The number of benzene rings is 2. The minimum Gasteiger partial charge on any atom is -0.312 e. The molecule has 0 bridgehead atoms. The number of para-hydroxylation sites is 1. The van der Waals surface area contributed by atoms with E-state index in [1.807, 2.05) is 48.2 Å². The normalized spacial score (nSPS) is 19.4. The Morgan fingerprint density at radius 3 is 2.80 bits per heavy atom. The first-order chi connectivity index (χ1) is 12.0. The Labute approximate surface area is 155 Å². The summed E-state index contributed by atoms with van der Waals surface area (Å²) in [6, 6.07) is 13.9. The molecule has 0 spiro atoms. The first-order valence-electron chi connectivity index (χ1n) is 8.50. The molecular weight excluding hydrogens is 380 g/mol. The number of fused-ring (bicyclic) bond motifs is 1. The molecule has 25 heavy (non-hydrogen) atoms. The average Bonchev–Trinajstić information content (AvgIpc) is 3.20. The number of hydrogen-bond acceptors (Lipinski definition) is 2. The number of carbonyl (C=O) groups is 2. The van der Waals surface area contributed by atoms with E-state index in [1.165, 1.54) is 5.56 Å². The van der Waals surface area contributed by atoms with Gasteiger partial charge in [0.2, 0.25) is 11.8 Å². The van der Waals surface area contributed by atoms with Gasteiger partial charge in [-0.1, -0.05) is 40.2 Å². The molecule has 0 N–H and O–H groups in total. The number of halogens is 1. The van der Waals surface area contributed by atoms with Crippen LogP contribution in [0.25, 0.3) is 0 Å². The van der Waals surface area contributed by atoms with Crippen LogP contribution in [0.15, 0.2) is 46.9 Å². The Morgan fingerprint density at radius 2 is 2.00 bits per heavy atom. The molecule has 0 radical (unpaired) electrons. The molecule has 2 aliphatic rings. The van der Waals surface area contributed by atoms with E-state index in [0.29, 0.717) is 13.1 Å². The second-order valence-electron chi connectivity index (χ2n) is 6.71. The smallest absolute Gasteiger partial charge is 0.232 e. The molecule has 2 aromatic rings. The third kappa shape index (κ3) is 2.86. The zero-order valence-electron chi connectivity index (χ0n) is 14.0. The molecule has 2 heterocycles. The van der Waals surface area contributed by atoms with E-state index < -0.39 is 0 Å². The molecule has 5 heteroatoms. The van der Waals surface area contributed by atoms with Crippen molar-refractivity contribution in [1.82, 2.24) is 0 Å². The summed E-state index contributed by atoms with van der Waals surface area (Å²) in [6.45, 7) is 3.17. The number of anilines is 2. The lowest BCUT2D eigenvalue weighted by molar-refractivity contribution is -0.124. The summed E-state index contributed by atoms with van der Waals surface area (Å²) in [7, 11) is 0. The molecule has 4 nitrogen and oxygen atoms in total. The predicted molar refractivity (Wildman–Crippen MR) is 102 cm³/mol. The van der Waals surface area contributed by atoms with Gasteiger partial charge in [-0.05, 0) is 42.7 Å². The molecule has 2 aliphatic heterocycles. The lowest BCUT2D eigenvalue weighted by atomic mass is 10.1. The highest BCUT2D eigenvalue weighted by Gasteiger charge is 2.39. The molecule has 4 rings (SSSR count). The Balaban J connectivity index is 1.54. The first kappa shape index (κ1) is 16.3. The van der Waals surface area contributed by atoms with Gasteiger partial charge < -0.3 is 9.80 Å². The Bertz CT molecular complexity index is 865. The third-order valence-electron chi connectivity index (χ3n) is 5.09. The van der Waals surface area contributed by atoms with E-state index in [0.717, 1.165) is 27.8 Å². The molecule has 2 aromatic carbocycles. The van der Waals surface area contributed by atoms with Gasteiger partial charge in [0.05, 0.1) is 5.92 Å². The molecule has 0 aromatic heterocycles. The predicted octanol–water partition coefficient (Wildman–Crippen LogP) is 3.70. The number of hydrogen-bond donors (Lipinski definition) is 0. The van der Waals surface area contributed by atoms with E-state index in [1.54, 1.807) is 4.90 Å².